The fraction of sp³-hybridized carbons (Fsp3) is 0. The molecule has 17 heavy (non-hydrogen) atoms. The van der Waals surface area contributed by atoms with Gasteiger partial charge in [0.15, 0.2) is 11.5 Å². The third-order valence-electron chi connectivity index (χ3n) is 2.01. The Bertz CT molecular complexity index is 533. The van der Waals surface area contributed by atoms with Crippen LogP contribution in [-0.2, 0) is 4.79 Å². The zero-order valence-electron chi connectivity index (χ0n) is 8.23. The Morgan fingerprint density at radius 3 is 2.65 bits per heavy atom. The van der Waals surface area contributed by atoms with Crippen LogP contribution < -0.4 is 5.32 Å². The van der Waals surface area contributed by atoms with Gasteiger partial charge in [0.05, 0.1) is 9.93 Å². The van der Waals surface area contributed by atoms with Crippen molar-refractivity contribution in [3.63, 3.8) is 0 Å². The van der Waals surface area contributed by atoms with Gasteiger partial charge < -0.3 is 15.5 Å². The Labute approximate surface area is 111 Å². The van der Waals surface area contributed by atoms with Crippen molar-refractivity contribution < 1.29 is 15.0 Å². The van der Waals surface area contributed by atoms with E-state index in [1.807, 2.05) is 0 Å². The molecule has 0 bridgehead atoms. The summed E-state index contributed by atoms with van der Waals surface area (Å²) in [6.45, 7) is 0. The monoisotopic (exact) mass is 287 g/mol. The number of hydrogen-bond acceptors (Lipinski definition) is 5. The Balaban J connectivity index is 2.40. The van der Waals surface area contributed by atoms with E-state index in [1.165, 1.54) is 18.2 Å². The fourth-order valence-corrected chi connectivity index (χ4v) is 2.53. The van der Waals surface area contributed by atoms with E-state index in [2.05, 4.69) is 5.32 Å². The minimum absolute atomic E-state index is 0.0165. The molecule has 0 aliphatic carbocycles. The molecule has 0 unspecified atom stereocenters. The number of thioether (sulfide) groups is 1. The largest absolute Gasteiger partial charge is 0.504 e. The molecule has 1 amide bonds. The number of rotatable bonds is 1. The summed E-state index contributed by atoms with van der Waals surface area (Å²) in [7, 11) is 0. The summed E-state index contributed by atoms with van der Waals surface area (Å²) < 4.78 is 0.385. The standard InChI is InChI=1S/C10H6ClNO3S2/c11-5-1-4(2-6(13)8(5)14)3-7-9(15)12-10(16)17-7/h1-3,13-14H,(H,12,15,16). The Kier molecular flexibility index (Phi) is 3.28. The van der Waals surface area contributed by atoms with E-state index in [1.54, 1.807) is 0 Å². The molecular formula is C10H6ClNO3S2. The Morgan fingerprint density at radius 2 is 2.12 bits per heavy atom. The smallest absolute Gasteiger partial charge is 0.263 e. The van der Waals surface area contributed by atoms with Gasteiger partial charge in [0.25, 0.3) is 5.91 Å². The lowest BCUT2D eigenvalue weighted by Crippen LogP contribution is -2.17. The summed E-state index contributed by atoms with van der Waals surface area (Å²) >= 11 is 11.7. The number of aromatic hydroxyl groups is 2. The van der Waals surface area contributed by atoms with E-state index < -0.39 is 0 Å². The quantitative estimate of drug-likeness (QED) is 0.420. The normalized spacial score (nSPS) is 17.6. The molecule has 2 rings (SSSR count). The number of amides is 1. The molecule has 0 spiro atoms. The van der Waals surface area contributed by atoms with E-state index in [0.29, 0.717) is 14.8 Å². The second kappa shape index (κ2) is 4.56. The lowest BCUT2D eigenvalue weighted by Gasteiger charge is -2.02. The van der Waals surface area contributed by atoms with Crippen molar-refractivity contribution in [1.82, 2.24) is 5.32 Å². The van der Waals surface area contributed by atoms with Crippen molar-refractivity contribution in [2.45, 2.75) is 0 Å². The van der Waals surface area contributed by atoms with Crippen molar-refractivity contribution in [1.29, 1.82) is 0 Å². The zero-order chi connectivity index (χ0) is 12.6. The van der Waals surface area contributed by atoms with Crippen LogP contribution in [0.3, 0.4) is 0 Å². The van der Waals surface area contributed by atoms with Crippen molar-refractivity contribution in [3.8, 4) is 11.5 Å². The molecule has 1 heterocycles. The maximum Gasteiger partial charge on any atom is 0.263 e. The summed E-state index contributed by atoms with van der Waals surface area (Å²) in [4.78, 5) is 11.8. The maximum atomic E-state index is 11.4. The first-order valence-electron chi connectivity index (χ1n) is 4.43. The number of carbonyl (C=O) groups excluding carboxylic acids is 1. The molecular weight excluding hydrogens is 282 g/mol. The Hall–Kier alpha value is -1.24. The second-order valence-corrected chi connectivity index (χ2v) is 5.35. The highest BCUT2D eigenvalue weighted by molar-refractivity contribution is 8.26. The lowest BCUT2D eigenvalue weighted by atomic mass is 10.2. The predicted molar refractivity (Wildman–Crippen MR) is 71.1 cm³/mol. The van der Waals surface area contributed by atoms with Crippen molar-refractivity contribution in [2.75, 3.05) is 0 Å². The molecule has 4 nitrogen and oxygen atoms in total. The Morgan fingerprint density at radius 1 is 1.41 bits per heavy atom. The van der Waals surface area contributed by atoms with E-state index in [-0.39, 0.29) is 22.4 Å². The van der Waals surface area contributed by atoms with Crippen molar-refractivity contribution in [3.05, 3.63) is 27.6 Å². The average Bonchev–Trinajstić information content (AvgIpc) is 2.54. The van der Waals surface area contributed by atoms with Gasteiger partial charge in [-0.25, -0.2) is 0 Å². The molecule has 0 radical (unpaired) electrons. The van der Waals surface area contributed by atoms with Gasteiger partial charge in [0, 0.05) is 0 Å². The van der Waals surface area contributed by atoms with Crippen LogP contribution in [0.25, 0.3) is 6.08 Å². The van der Waals surface area contributed by atoms with Gasteiger partial charge in [-0.1, -0.05) is 35.6 Å². The number of phenolic OH excluding ortho intramolecular Hbond substituents is 2. The molecule has 0 saturated carbocycles. The first-order valence-corrected chi connectivity index (χ1v) is 6.04. The number of halogens is 1. The van der Waals surface area contributed by atoms with E-state index >= 15 is 0 Å². The molecule has 1 saturated heterocycles. The molecule has 0 aromatic heterocycles. The van der Waals surface area contributed by atoms with Crippen LogP contribution in [0.5, 0.6) is 11.5 Å². The van der Waals surface area contributed by atoms with Gasteiger partial charge in [0.2, 0.25) is 0 Å². The van der Waals surface area contributed by atoms with Crippen molar-refractivity contribution >= 4 is 51.9 Å². The van der Waals surface area contributed by atoms with Gasteiger partial charge in [-0.15, -0.1) is 0 Å². The molecule has 1 aliphatic rings. The van der Waals surface area contributed by atoms with Crippen LogP contribution in [0.4, 0.5) is 0 Å². The summed E-state index contributed by atoms with van der Waals surface area (Å²) in [6, 6.07) is 2.75. The minimum Gasteiger partial charge on any atom is -0.504 e. The fourth-order valence-electron chi connectivity index (χ4n) is 1.26. The highest BCUT2D eigenvalue weighted by Gasteiger charge is 2.22. The molecule has 1 aliphatic heterocycles. The van der Waals surface area contributed by atoms with Gasteiger partial charge in [0.1, 0.15) is 4.32 Å². The summed E-state index contributed by atoms with van der Waals surface area (Å²) in [5, 5.41) is 21.1. The summed E-state index contributed by atoms with van der Waals surface area (Å²) in [6.07, 6.45) is 1.53. The van der Waals surface area contributed by atoms with Crippen LogP contribution in [-0.4, -0.2) is 20.4 Å². The molecule has 1 aromatic rings. The maximum absolute atomic E-state index is 11.4. The highest BCUT2D eigenvalue weighted by atomic mass is 35.5. The SMILES string of the molecule is O=C1NC(=S)SC1=Cc1cc(O)c(O)c(Cl)c1. The van der Waals surface area contributed by atoms with Crippen LogP contribution >= 0.6 is 35.6 Å². The molecule has 88 valence electrons. The minimum atomic E-state index is -0.382. The second-order valence-electron chi connectivity index (χ2n) is 3.22. The molecule has 3 N–H and O–H groups in total. The highest BCUT2D eigenvalue weighted by Crippen LogP contribution is 2.35. The molecule has 1 fully saturated rings. The van der Waals surface area contributed by atoms with Gasteiger partial charge in [-0.3, -0.25) is 4.79 Å². The van der Waals surface area contributed by atoms with E-state index in [0.717, 1.165) is 11.8 Å². The lowest BCUT2D eigenvalue weighted by molar-refractivity contribution is -0.115. The molecule has 0 atom stereocenters. The van der Waals surface area contributed by atoms with Crippen LogP contribution in [0, 0.1) is 0 Å². The number of carbonyl (C=O) groups is 1. The molecule has 7 heteroatoms. The summed E-state index contributed by atoms with van der Waals surface area (Å²) in [5.74, 6) is -1.01. The van der Waals surface area contributed by atoms with Gasteiger partial charge >= 0.3 is 0 Å². The summed E-state index contributed by atoms with van der Waals surface area (Å²) in [5.41, 5.74) is 0.507. The van der Waals surface area contributed by atoms with E-state index in [9.17, 15) is 15.0 Å². The first kappa shape index (κ1) is 12.2. The number of hydrogen-bond donors (Lipinski definition) is 3. The predicted octanol–water partition coefficient (Wildman–Crippen LogP) is 2.24. The topological polar surface area (TPSA) is 69.6 Å². The van der Waals surface area contributed by atoms with Crippen LogP contribution in [0.1, 0.15) is 5.56 Å². The van der Waals surface area contributed by atoms with E-state index in [4.69, 9.17) is 23.8 Å². The average molecular weight is 288 g/mol. The van der Waals surface area contributed by atoms with Crippen LogP contribution in [0.15, 0.2) is 17.0 Å². The number of phenols is 2. The van der Waals surface area contributed by atoms with Gasteiger partial charge in [-0.2, -0.15) is 0 Å². The zero-order valence-corrected chi connectivity index (χ0v) is 10.6. The first-order chi connectivity index (χ1) is 7.97. The number of thiocarbonyl (C=S) groups is 1. The third-order valence-corrected chi connectivity index (χ3v) is 3.46. The van der Waals surface area contributed by atoms with Crippen LogP contribution in [0.2, 0.25) is 5.02 Å². The number of nitrogens with one attached hydrogen (secondary N) is 1. The van der Waals surface area contributed by atoms with Gasteiger partial charge in [-0.05, 0) is 23.8 Å². The third kappa shape index (κ3) is 2.54. The molecule has 1 aromatic carbocycles. The van der Waals surface area contributed by atoms with Crippen molar-refractivity contribution in [2.24, 2.45) is 0 Å². The number of benzene rings is 1.